The fourth-order valence-corrected chi connectivity index (χ4v) is 1.65. The first-order chi connectivity index (χ1) is 7.76. The second-order valence-electron chi connectivity index (χ2n) is 4.31. The average molecular weight is 213 g/mol. The van der Waals surface area contributed by atoms with Crippen LogP contribution in [0.1, 0.15) is 42.8 Å². The van der Waals surface area contributed by atoms with Crippen molar-refractivity contribution >= 4 is 17.7 Å². The molecule has 0 amide bonds. The van der Waals surface area contributed by atoms with E-state index in [1.165, 1.54) is 31.2 Å². The maximum absolute atomic E-state index is 2.75. The van der Waals surface area contributed by atoms with Gasteiger partial charge in [-0.05, 0) is 14.1 Å². The zero-order chi connectivity index (χ0) is 12.2. The van der Waals surface area contributed by atoms with E-state index in [4.69, 9.17) is 0 Å². The Balaban J connectivity index is 0.000000673. The minimum absolute atomic E-state index is 0.729. The summed E-state index contributed by atoms with van der Waals surface area (Å²) in [6, 6.07) is 10.8. The number of unbranched alkanes of at least 4 members (excludes halogenated alkanes) is 2. The van der Waals surface area contributed by atoms with Crippen LogP contribution in [-0.2, 0) is 0 Å². The van der Waals surface area contributed by atoms with Gasteiger partial charge in [-0.3, -0.25) is 0 Å². The molecule has 0 aliphatic heterocycles. The van der Waals surface area contributed by atoms with E-state index in [1.807, 2.05) is 14.1 Å². The van der Waals surface area contributed by atoms with Gasteiger partial charge in [0.1, 0.15) is 0 Å². The molecule has 0 fully saturated rings. The van der Waals surface area contributed by atoms with Crippen LogP contribution in [0.2, 0.25) is 0 Å². The summed E-state index contributed by atoms with van der Waals surface area (Å²) in [6.45, 7) is 2.26. The third-order valence-corrected chi connectivity index (χ3v) is 2.61. The van der Waals surface area contributed by atoms with Crippen LogP contribution in [0.3, 0.4) is 0 Å². The van der Waals surface area contributed by atoms with E-state index in [1.54, 1.807) is 0 Å². The molecule has 0 aliphatic carbocycles. The van der Waals surface area contributed by atoms with E-state index < -0.39 is 0 Å². The first-order valence-electron chi connectivity index (χ1n) is 6.39. The number of benzene rings is 1. The van der Waals surface area contributed by atoms with Gasteiger partial charge >= 0.3 is 90.8 Å². The van der Waals surface area contributed by atoms with E-state index in [0.29, 0.717) is 0 Å². The molecule has 86 valence electrons. The van der Waals surface area contributed by atoms with Crippen molar-refractivity contribution in [3.05, 3.63) is 35.9 Å². The van der Waals surface area contributed by atoms with Crippen LogP contribution in [0.4, 0.5) is 0 Å². The van der Waals surface area contributed by atoms with E-state index in [2.05, 4.69) is 60.3 Å². The molecule has 0 heterocycles. The molecule has 1 atom stereocenters. The Morgan fingerprint density at radius 2 is 1.69 bits per heavy atom. The second kappa shape index (κ2) is 11.3. The molecule has 16 heavy (non-hydrogen) atoms. The van der Waals surface area contributed by atoms with Crippen LogP contribution in [0.5, 0.6) is 0 Å². The van der Waals surface area contributed by atoms with Crippen molar-refractivity contribution in [1.82, 2.24) is 5.32 Å². The normalized spacial score (nSPS) is 11.6. The summed E-state index contributed by atoms with van der Waals surface area (Å²) in [5.74, 6) is 0. The summed E-state index contributed by atoms with van der Waals surface area (Å²) in [5.41, 5.74) is 1.48. The van der Waals surface area contributed by atoms with Crippen LogP contribution in [0, 0.1) is 0 Å². The molecule has 1 aromatic rings. The summed E-state index contributed by atoms with van der Waals surface area (Å²) in [5, 5.41) is 2.75. The van der Waals surface area contributed by atoms with Crippen LogP contribution in [-0.4, -0.2) is 31.8 Å². The Morgan fingerprint density at radius 1 is 1.12 bits per heavy atom. The summed E-state index contributed by atoms with van der Waals surface area (Å²) in [7, 11) is 3.75. The summed E-state index contributed by atoms with van der Waals surface area (Å²) in [4.78, 5) is 0. The van der Waals surface area contributed by atoms with Crippen LogP contribution in [0.15, 0.2) is 30.3 Å². The molecule has 1 rings (SSSR count). The van der Waals surface area contributed by atoms with Gasteiger partial charge in [0, 0.05) is 0 Å². The quantitative estimate of drug-likeness (QED) is 0.584. The van der Waals surface area contributed by atoms with Crippen molar-refractivity contribution in [3.8, 4) is 0 Å². The van der Waals surface area contributed by atoms with E-state index in [9.17, 15) is 0 Å². The predicted molar refractivity (Wildman–Crippen MR) is 74.1 cm³/mol. The number of hydrogen-bond donors (Lipinski definition) is 1. The molecular weight excluding hydrogens is 189 g/mol. The van der Waals surface area contributed by atoms with Gasteiger partial charge in [0.15, 0.2) is 0 Å². The maximum atomic E-state index is 2.75. The molecule has 1 aromatic carbocycles. The van der Waals surface area contributed by atoms with Crippen LogP contribution in [0.25, 0.3) is 0 Å². The van der Waals surface area contributed by atoms with Crippen molar-refractivity contribution in [2.75, 3.05) is 14.1 Å². The molecule has 0 radical (unpaired) electrons. The molecule has 2 heteroatoms. The van der Waals surface area contributed by atoms with Gasteiger partial charge in [0.25, 0.3) is 0 Å². The first kappa shape index (κ1) is 15.8. The van der Waals surface area contributed by atoms with E-state index >= 15 is 0 Å². The van der Waals surface area contributed by atoms with E-state index in [-0.39, 0.29) is 0 Å². The molecule has 1 unspecified atom stereocenters. The summed E-state index contributed by atoms with van der Waals surface area (Å²) >= 11 is 2.32. The van der Waals surface area contributed by atoms with Gasteiger partial charge in [0.2, 0.25) is 0 Å². The molecule has 0 saturated heterocycles. The molecule has 1 nitrogen and oxygen atoms in total. The SMILES string of the molecule is CNC.[Li][CH](CCCCC)c1ccccc1. The number of hydrogen-bond acceptors (Lipinski definition) is 1. The molecule has 0 aliphatic rings. The topological polar surface area (TPSA) is 12.0 Å². The third-order valence-electron chi connectivity index (χ3n) is 2.61. The molecule has 0 aromatic heterocycles. The molecular formula is C14H24LiN. The van der Waals surface area contributed by atoms with Gasteiger partial charge in [-0.2, -0.15) is 0 Å². The van der Waals surface area contributed by atoms with Crippen molar-refractivity contribution < 1.29 is 0 Å². The Hall–Kier alpha value is -0.223. The number of nitrogens with one attached hydrogen (secondary N) is 1. The molecule has 1 N–H and O–H groups in total. The Bertz CT molecular complexity index is 236. The van der Waals surface area contributed by atoms with Gasteiger partial charge in [-0.25, -0.2) is 0 Å². The first-order valence-corrected chi connectivity index (χ1v) is 6.39. The zero-order valence-electron chi connectivity index (χ0n) is 11.3. The summed E-state index contributed by atoms with van der Waals surface area (Å²) in [6.07, 6.45) is 5.39. The molecule has 0 saturated carbocycles. The third kappa shape index (κ3) is 7.99. The second-order valence-corrected chi connectivity index (χ2v) is 4.31. The molecule has 0 spiro atoms. The van der Waals surface area contributed by atoms with Crippen LogP contribution < -0.4 is 5.32 Å². The van der Waals surface area contributed by atoms with Crippen molar-refractivity contribution in [1.29, 1.82) is 0 Å². The standard InChI is InChI=1S/C12H17.C2H7N.Li/c1-2-3-4-6-9-12-10-7-5-8-11-12;1-3-2;/h5,7-11H,2-4,6H2,1H3;3H,1-2H3;. The van der Waals surface area contributed by atoms with Crippen molar-refractivity contribution in [2.24, 2.45) is 0 Å². The fraction of sp³-hybridized carbons (Fsp3) is 0.571. The fourth-order valence-electron chi connectivity index (χ4n) is 1.65. The van der Waals surface area contributed by atoms with Gasteiger partial charge < -0.3 is 5.32 Å². The van der Waals surface area contributed by atoms with Crippen molar-refractivity contribution in [2.45, 2.75) is 37.2 Å². The summed E-state index contributed by atoms with van der Waals surface area (Å²) < 4.78 is 0.729. The Labute approximate surface area is 110 Å². The average Bonchev–Trinajstić information content (AvgIpc) is 2.31. The van der Waals surface area contributed by atoms with Gasteiger partial charge in [-0.1, -0.05) is 0 Å². The van der Waals surface area contributed by atoms with Gasteiger partial charge in [-0.15, -0.1) is 0 Å². The van der Waals surface area contributed by atoms with Gasteiger partial charge in [0.05, 0.1) is 0 Å². The van der Waals surface area contributed by atoms with E-state index in [0.717, 1.165) is 4.59 Å². The number of rotatable bonds is 5. The molecule has 0 bridgehead atoms. The minimum atomic E-state index is 0.729. The van der Waals surface area contributed by atoms with Crippen molar-refractivity contribution in [3.63, 3.8) is 0 Å². The Kier molecular flexibility index (Phi) is 11.1. The van der Waals surface area contributed by atoms with Crippen LogP contribution >= 0.6 is 0 Å². The monoisotopic (exact) mass is 213 g/mol. The predicted octanol–water partition coefficient (Wildman–Crippen LogP) is 3.31. The zero-order valence-corrected chi connectivity index (χ0v) is 11.3. The Morgan fingerprint density at radius 3 is 2.19 bits per heavy atom.